The van der Waals surface area contributed by atoms with E-state index in [1.807, 2.05) is 69.2 Å². The van der Waals surface area contributed by atoms with E-state index in [0.717, 1.165) is 6.42 Å². The second kappa shape index (κ2) is 5.70. The Kier molecular flexibility index (Phi) is 5.31. The van der Waals surface area contributed by atoms with Gasteiger partial charge in [0.1, 0.15) is 0 Å². The first-order valence-corrected chi connectivity index (χ1v) is 11.8. The van der Waals surface area contributed by atoms with Crippen LogP contribution in [-0.4, -0.2) is 43.3 Å². The molecule has 0 unspecified atom stereocenters. The van der Waals surface area contributed by atoms with Crippen LogP contribution in [-0.2, 0) is 9.13 Å². The molecule has 1 aliphatic rings. The summed E-state index contributed by atoms with van der Waals surface area (Å²) in [6, 6.07) is 0. The van der Waals surface area contributed by atoms with Gasteiger partial charge in [0, 0.05) is 27.2 Å². The molecule has 1 fully saturated rings. The summed E-state index contributed by atoms with van der Waals surface area (Å²) in [6.07, 6.45) is 0.841. The minimum absolute atomic E-state index is 0.133. The Bertz CT molecular complexity index is 517. The third kappa shape index (κ3) is 2.82. The average molecular weight is 365 g/mol. The number of rotatable bonds is 4. The zero-order valence-corrected chi connectivity index (χ0v) is 18.5. The lowest BCUT2D eigenvalue weighted by Crippen LogP contribution is -2.56. The van der Waals surface area contributed by atoms with Crippen LogP contribution in [0.4, 0.5) is 0 Å². The van der Waals surface area contributed by atoms with Gasteiger partial charge in [0.05, 0.1) is 6.61 Å². The molecule has 1 heterocycles. The van der Waals surface area contributed by atoms with Crippen molar-refractivity contribution in [1.29, 1.82) is 0 Å². The molecule has 0 bridgehead atoms. The van der Waals surface area contributed by atoms with E-state index in [1.54, 1.807) is 4.44 Å². The van der Waals surface area contributed by atoms with Crippen molar-refractivity contribution in [3.8, 4) is 0 Å². The van der Waals surface area contributed by atoms with Crippen LogP contribution in [0.15, 0.2) is 0 Å². The molecule has 6 heteroatoms. The van der Waals surface area contributed by atoms with E-state index in [1.165, 1.54) is 0 Å². The Morgan fingerprint density at radius 2 is 1.35 bits per heavy atom. The largest absolute Gasteiger partial charge is 0.395 e. The molecule has 0 amide bonds. The highest BCUT2D eigenvalue weighted by Crippen LogP contribution is 2.89. The van der Waals surface area contributed by atoms with Gasteiger partial charge >= 0.3 is 0 Å². The maximum absolute atomic E-state index is 14.4. The molecule has 23 heavy (non-hydrogen) atoms. The first-order valence-electron chi connectivity index (χ1n) is 8.50. The maximum Gasteiger partial charge on any atom is 0.166 e. The van der Waals surface area contributed by atoms with E-state index in [0.29, 0.717) is 0 Å². The fourth-order valence-electron chi connectivity index (χ4n) is 4.87. The van der Waals surface area contributed by atoms with Crippen molar-refractivity contribution in [2.45, 2.75) is 96.3 Å². The highest BCUT2D eigenvalue weighted by molar-refractivity contribution is 7.80. The highest BCUT2D eigenvalue weighted by atomic mass is 31.2. The third-order valence-corrected chi connectivity index (χ3v) is 15.7. The van der Waals surface area contributed by atoms with Crippen LogP contribution in [0.1, 0.15) is 75.7 Å². The lowest BCUT2D eigenvalue weighted by molar-refractivity contribution is 0.262. The van der Waals surface area contributed by atoms with Gasteiger partial charge < -0.3 is 14.2 Å². The molecule has 1 N–H and O–H groups in total. The minimum atomic E-state index is -3.05. The Morgan fingerprint density at radius 3 is 1.57 bits per heavy atom. The summed E-state index contributed by atoms with van der Waals surface area (Å²) in [5.74, 6) is 0. The van der Waals surface area contributed by atoms with Crippen molar-refractivity contribution in [3.63, 3.8) is 0 Å². The summed E-state index contributed by atoms with van der Waals surface area (Å²) in [7, 11) is -5.98. The molecular weight excluding hydrogens is 328 g/mol. The van der Waals surface area contributed by atoms with E-state index < -0.39 is 24.9 Å². The normalized spacial score (nSPS) is 23.7. The molecule has 0 saturated carbocycles. The lowest BCUT2D eigenvalue weighted by atomic mass is 9.96. The number of hydrogen-bond acceptors (Lipinski definition) is 3. The van der Waals surface area contributed by atoms with Gasteiger partial charge in [0.2, 0.25) is 0 Å². The van der Waals surface area contributed by atoms with Crippen LogP contribution < -0.4 is 0 Å². The van der Waals surface area contributed by atoms with Gasteiger partial charge in [0.15, 0.2) is 14.6 Å². The van der Waals surface area contributed by atoms with Gasteiger partial charge in [-0.25, -0.2) is 0 Å². The van der Waals surface area contributed by atoms with Crippen LogP contribution in [0.25, 0.3) is 0 Å². The van der Waals surface area contributed by atoms with E-state index in [-0.39, 0.29) is 23.5 Å². The van der Waals surface area contributed by atoms with E-state index >= 15 is 0 Å². The van der Waals surface area contributed by atoms with Crippen molar-refractivity contribution in [2.24, 2.45) is 0 Å². The standard InChI is InChI=1S/C17H37NO3P2/c1-14(2,3)22(20,15(4,5)6)18(11-12-19)23(21)16(7,8)13-17(23,9)10/h19H,11-13H2,1-10H3. The number of aliphatic hydroxyl groups excluding tert-OH is 1. The molecule has 4 nitrogen and oxygen atoms in total. The monoisotopic (exact) mass is 365 g/mol. The van der Waals surface area contributed by atoms with Gasteiger partial charge in [0.25, 0.3) is 0 Å². The van der Waals surface area contributed by atoms with Crippen LogP contribution in [0, 0.1) is 0 Å². The van der Waals surface area contributed by atoms with Gasteiger partial charge in [-0.1, -0.05) is 69.2 Å². The summed E-state index contributed by atoms with van der Waals surface area (Å²) in [4.78, 5) is 0. The Balaban J connectivity index is 3.71. The summed E-state index contributed by atoms with van der Waals surface area (Å²) in [5.41, 5.74) is 0. The van der Waals surface area contributed by atoms with E-state index in [2.05, 4.69) is 0 Å². The number of hydrogen-bond donors (Lipinski definition) is 1. The predicted molar refractivity (Wildman–Crippen MR) is 101 cm³/mol. The van der Waals surface area contributed by atoms with Gasteiger partial charge in [-0.2, -0.15) is 4.44 Å². The molecule has 1 saturated heterocycles. The van der Waals surface area contributed by atoms with Crippen LogP contribution in [0.5, 0.6) is 0 Å². The fourth-order valence-corrected chi connectivity index (χ4v) is 17.3. The highest BCUT2D eigenvalue weighted by Gasteiger charge is 2.70. The van der Waals surface area contributed by atoms with Gasteiger partial charge in [-0.3, -0.25) is 0 Å². The smallest absolute Gasteiger partial charge is 0.166 e. The van der Waals surface area contributed by atoms with Crippen molar-refractivity contribution in [3.05, 3.63) is 0 Å². The zero-order valence-electron chi connectivity index (χ0n) is 16.7. The summed E-state index contributed by atoms with van der Waals surface area (Å²) in [5, 5.41) is 7.89. The van der Waals surface area contributed by atoms with Gasteiger partial charge in [-0.15, -0.1) is 0 Å². The van der Waals surface area contributed by atoms with E-state index in [9.17, 15) is 14.2 Å². The first-order chi connectivity index (χ1) is 9.90. The topological polar surface area (TPSA) is 57.6 Å². The maximum atomic E-state index is 14.4. The molecule has 0 spiro atoms. The molecule has 138 valence electrons. The summed E-state index contributed by atoms with van der Waals surface area (Å²) in [6.45, 7) is 19.9. The van der Waals surface area contributed by atoms with E-state index in [4.69, 9.17) is 0 Å². The van der Waals surface area contributed by atoms with Crippen molar-refractivity contribution in [1.82, 2.24) is 4.44 Å². The average Bonchev–Trinajstić information content (AvgIpc) is 2.29. The van der Waals surface area contributed by atoms with Crippen LogP contribution >= 0.6 is 14.6 Å². The lowest BCUT2D eigenvalue weighted by Gasteiger charge is -2.64. The number of aliphatic hydroxyl groups is 1. The predicted octanol–water partition coefficient (Wildman–Crippen LogP) is 5.39. The molecule has 0 atom stereocenters. The number of nitrogens with zero attached hydrogens (tertiary/aromatic N) is 1. The van der Waals surface area contributed by atoms with Gasteiger partial charge in [-0.05, 0) is 6.42 Å². The van der Waals surface area contributed by atoms with Crippen molar-refractivity contribution in [2.75, 3.05) is 13.2 Å². The third-order valence-electron chi connectivity index (χ3n) is 5.27. The van der Waals surface area contributed by atoms with Crippen LogP contribution in [0.2, 0.25) is 0 Å². The SMILES string of the molecule is CC(C)(C)P(=O)(N(CCO)P1(=O)C(C)(C)CC1(C)C)C(C)(C)C. The second-order valence-corrected chi connectivity index (χ2v) is 18.8. The molecule has 0 radical (unpaired) electrons. The molecule has 0 aliphatic carbocycles. The van der Waals surface area contributed by atoms with Crippen molar-refractivity contribution >= 4 is 14.6 Å². The molecule has 0 aromatic carbocycles. The molecule has 1 rings (SSSR count). The summed E-state index contributed by atoms with van der Waals surface area (Å²) >= 11 is 0. The zero-order chi connectivity index (χ0) is 18.7. The second-order valence-electron chi connectivity index (χ2n) is 10.1. The Morgan fingerprint density at radius 1 is 1.00 bits per heavy atom. The quantitative estimate of drug-likeness (QED) is 0.678. The van der Waals surface area contributed by atoms with Crippen LogP contribution in [0.3, 0.4) is 0 Å². The Labute approximate surface area is 143 Å². The Hall–Kier alpha value is 0.380. The fraction of sp³-hybridized carbons (Fsp3) is 1.00. The first kappa shape index (κ1) is 21.4. The summed E-state index contributed by atoms with van der Waals surface area (Å²) < 4.78 is 30.4. The molecule has 1 aliphatic heterocycles. The molecule has 0 aromatic rings. The minimum Gasteiger partial charge on any atom is -0.395 e. The van der Waals surface area contributed by atoms with Crippen molar-refractivity contribution < 1.29 is 14.2 Å². The molecule has 0 aromatic heterocycles. The molecular formula is C17H37NO3P2.